The summed E-state index contributed by atoms with van der Waals surface area (Å²) in [5, 5.41) is 0. The van der Waals surface area contributed by atoms with Crippen molar-refractivity contribution in [2.45, 2.75) is 245 Å². The third-order valence-electron chi connectivity index (χ3n) is 10.3. The third-order valence-corrected chi connectivity index (χ3v) is 11.3. The molecular weight excluding hydrogens is 685 g/mol. The summed E-state index contributed by atoms with van der Waals surface area (Å²) in [5.74, 6) is -0.323. The standard InChI is InChI=1S/C44H90NO7P/c1-3-5-7-9-11-13-15-17-18-19-20-21-22-23-24-25-26-27-29-31-33-35-37-44(46)52-43(42-51-53(47,48)50-40-38-45)41-49-39-36-34-32-30-28-16-14-12-10-8-6-4-2/h43H,3-42,45H2,1-2H3,(H,47,48). The topological polar surface area (TPSA) is 117 Å². The average Bonchev–Trinajstić information content (AvgIpc) is 3.15. The van der Waals surface area contributed by atoms with Crippen molar-refractivity contribution in [1.29, 1.82) is 0 Å². The second kappa shape index (κ2) is 42.6. The zero-order valence-corrected chi connectivity index (χ0v) is 36.2. The van der Waals surface area contributed by atoms with Gasteiger partial charge < -0.3 is 20.1 Å². The molecule has 0 fully saturated rings. The van der Waals surface area contributed by atoms with Gasteiger partial charge >= 0.3 is 13.8 Å². The number of ether oxygens (including phenoxy) is 2. The SMILES string of the molecule is CCCCCCCCCCCCCCCCCCCCCCCCC(=O)OC(COCCCCCCCCCCCCCC)COP(=O)(O)OCCN. The Bertz CT molecular complexity index is 787. The molecule has 0 aromatic heterocycles. The molecule has 0 spiro atoms. The van der Waals surface area contributed by atoms with E-state index in [4.69, 9.17) is 24.3 Å². The molecule has 53 heavy (non-hydrogen) atoms. The fourth-order valence-corrected chi connectivity index (χ4v) is 7.65. The predicted octanol–water partition coefficient (Wildman–Crippen LogP) is 13.7. The summed E-state index contributed by atoms with van der Waals surface area (Å²) in [5.41, 5.74) is 5.37. The van der Waals surface area contributed by atoms with Crippen LogP contribution in [0.4, 0.5) is 0 Å². The Labute approximate surface area is 329 Å². The smallest absolute Gasteiger partial charge is 0.457 e. The second-order valence-corrected chi connectivity index (χ2v) is 17.1. The van der Waals surface area contributed by atoms with E-state index in [1.165, 1.54) is 186 Å². The molecule has 0 aromatic rings. The Morgan fingerprint density at radius 2 is 0.830 bits per heavy atom. The van der Waals surface area contributed by atoms with E-state index >= 15 is 0 Å². The van der Waals surface area contributed by atoms with Crippen molar-refractivity contribution in [2.75, 3.05) is 33.0 Å². The Hall–Kier alpha value is -0.500. The monoisotopic (exact) mass is 776 g/mol. The number of carbonyl (C=O) groups excluding carboxylic acids is 1. The van der Waals surface area contributed by atoms with Crippen LogP contribution in [-0.2, 0) is 27.9 Å². The molecular formula is C44H90NO7P. The fourth-order valence-electron chi connectivity index (χ4n) is 6.88. The number of nitrogens with two attached hydrogens (primary N) is 1. The van der Waals surface area contributed by atoms with E-state index < -0.39 is 13.9 Å². The first-order valence-electron chi connectivity index (χ1n) is 23.0. The van der Waals surface area contributed by atoms with Crippen LogP contribution in [0.5, 0.6) is 0 Å². The van der Waals surface area contributed by atoms with E-state index in [2.05, 4.69) is 13.8 Å². The van der Waals surface area contributed by atoms with Crippen molar-refractivity contribution >= 4 is 13.8 Å². The lowest BCUT2D eigenvalue weighted by atomic mass is 10.0. The molecule has 2 unspecified atom stereocenters. The van der Waals surface area contributed by atoms with Crippen LogP contribution in [0.25, 0.3) is 0 Å². The fraction of sp³-hybridized carbons (Fsp3) is 0.977. The van der Waals surface area contributed by atoms with Crippen LogP contribution in [0.1, 0.15) is 239 Å². The first kappa shape index (κ1) is 52.5. The number of unbranched alkanes of at least 4 members (excludes halogenated alkanes) is 32. The molecule has 0 aromatic carbocycles. The van der Waals surface area contributed by atoms with Gasteiger partial charge in [-0.15, -0.1) is 0 Å². The van der Waals surface area contributed by atoms with Crippen molar-refractivity contribution in [3.63, 3.8) is 0 Å². The largest absolute Gasteiger partial charge is 0.472 e. The number of phosphoric acid groups is 1. The van der Waals surface area contributed by atoms with Gasteiger partial charge in [0, 0.05) is 19.6 Å². The highest BCUT2D eigenvalue weighted by molar-refractivity contribution is 7.47. The Morgan fingerprint density at radius 1 is 0.491 bits per heavy atom. The number of rotatable bonds is 45. The molecule has 0 saturated carbocycles. The van der Waals surface area contributed by atoms with Crippen LogP contribution >= 0.6 is 7.82 Å². The molecule has 318 valence electrons. The highest BCUT2D eigenvalue weighted by Gasteiger charge is 2.25. The molecule has 0 amide bonds. The molecule has 8 nitrogen and oxygen atoms in total. The zero-order chi connectivity index (χ0) is 38.8. The summed E-state index contributed by atoms with van der Waals surface area (Å²) in [6, 6.07) is 0. The maximum absolute atomic E-state index is 12.6. The van der Waals surface area contributed by atoms with E-state index in [9.17, 15) is 14.3 Å². The van der Waals surface area contributed by atoms with Crippen molar-refractivity contribution in [3.8, 4) is 0 Å². The first-order valence-corrected chi connectivity index (χ1v) is 24.5. The molecule has 9 heteroatoms. The number of carbonyl (C=O) groups is 1. The molecule has 0 radical (unpaired) electrons. The zero-order valence-electron chi connectivity index (χ0n) is 35.3. The molecule has 0 saturated heterocycles. The van der Waals surface area contributed by atoms with E-state index in [1.807, 2.05) is 0 Å². The van der Waals surface area contributed by atoms with Crippen LogP contribution < -0.4 is 5.73 Å². The average molecular weight is 776 g/mol. The summed E-state index contributed by atoms with van der Waals surface area (Å²) < 4.78 is 33.4. The van der Waals surface area contributed by atoms with Crippen LogP contribution in [0.15, 0.2) is 0 Å². The predicted molar refractivity (Wildman–Crippen MR) is 224 cm³/mol. The van der Waals surface area contributed by atoms with Gasteiger partial charge in [0.05, 0.1) is 19.8 Å². The Balaban J connectivity index is 3.88. The first-order chi connectivity index (χ1) is 25.9. The Morgan fingerprint density at radius 3 is 1.19 bits per heavy atom. The maximum Gasteiger partial charge on any atom is 0.472 e. The van der Waals surface area contributed by atoms with Gasteiger partial charge in [-0.3, -0.25) is 13.8 Å². The summed E-state index contributed by atoms with van der Waals surface area (Å²) in [7, 11) is -4.27. The molecule has 2 atom stereocenters. The second-order valence-electron chi connectivity index (χ2n) is 15.6. The third kappa shape index (κ3) is 42.5. The van der Waals surface area contributed by atoms with Gasteiger partial charge in [0.15, 0.2) is 0 Å². The number of esters is 1. The van der Waals surface area contributed by atoms with Crippen LogP contribution in [0.3, 0.4) is 0 Å². The van der Waals surface area contributed by atoms with Gasteiger partial charge in [0.2, 0.25) is 0 Å². The van der Waals surface area contributed by atoms with E-state index in [0.29, 0.717) is 13.0 Å². The lowest BCUT2D eigenvalue weighted by Crippen LogP contribution is -2.28. The Kier molecular flexibility index (Phi) is 42.2. The van der Waals surface area contributed by atoms with Gasteiger partial charge in [0.1, 0.15) is 6.10 Å². The van der Waals surface area contributed by atoms with Crippen molar-refractivity contribution in [3.05, 3.63) is 0 Å². The highest BCUT2D eigenvalue weighted by atomic mass is 31.2. The van der Waals surface area contributed by atoms with Gasteiger partial charge in [-0.1, -0.05) is 219 Å². The number of phosphoric ester groups is 1. The van der Waals surface area contributed by atoms with E-state index in [1.54, 1.807) is 0 Å². The minimum Gasteiger partial charge on any atom is -0.457 e. The van der Waals surface area contributed by atoms with E-state index in [-0.39, 0.29) is 32.3 Å². The van der Waals surface area contributed by atoms with Gasteiger partial charge in [-0.2, -0.15) is 0 Å². The van der Waals surface area contributed by atoms with E-state index in [0.717, 1.165) is 32.1 Å². The molecule has 0 aliphatic rings. The summed E-state index contributed by atoms with van der Waals surface area (Å²) in [6.07, 6.45) is 44.1. The number of hydrogen-bond acceptors (Lipinski definition) is 7. The van der Waals surface area contributed by atoms with Crippen LogP contribution in [-0.4, -0.2) is 49.9 Å². The lowest BCUT2D eigenvalue weighted by molar-refractivity contribution is -0.154. The summed E-state index contributed by atoms with van der Waals surface area (Å²) in [6.45, 7) is 4.98. The normalized spacial score (nSPS) is 13.4. The van der Waals surface area contributed by atoms with Crippen molar-refractivity contribution in [1.82, 2.24) is 0 Å². The van der Waals surface area contributed by atoms with Crippen LogP contribution in [0, 0.1) is 0 Å². The van der Waals surface area contributed by atoms with Crippen LogP contribution in [0.2, 0.25) is 0 Å². The summed E-state index contributed by atoms with van der Waals surface area (Å²) >= 11 is 0. The minimum atomic E-state index is -4.27. The minimum absolute atomic E-state index is 0.0901. The maximum atomic E-state index is 12.6. The van der Waals surface area contributed by atoms with Gasteiger partial charge in [0.25, 0.3) is 0 Å². The molecule has 3 N–H and O–H groups in total. The molecule has 0 bridgehead atoms. The van der Waals surface area contributed by atoms with Crippen molar-refractivity contribution in [2.24, 2.45) is 5.73 Å². The molecule has 0 aliphatic carbocycles. The number of hydrogen-bond donors (Lipinski definition) is 2. The molecule has 0 rings (SSSR count). The highest BCUT2D eigenvalue weighted by Crippen LogP contribution is 2.43. The van der Waals surface area contributed by atoms with Gasteiger partial charge in [-0.05, 0) is 12.8 Å². The van der Waals surface area contributed by atoms with Gasteiger partial charge in [-0.25, -0.2) is 4.57 Å². The lowest BCUT2D eigenvalue weighted by Gasteiger charge is -2.20. The molecule has 0 heterocycles. The summed E-state index contributed by atoms with van der Waals surface area (Å²) in [4.78, 5) is 22.5. The quantitative estimate of drug-likeness (QED) is 0.0357. The molecule has 0 aliphatic heterocycles. The van der Waals surface area contributed by atoms with Crippen molar-refractivity contribution < 1.29 is 32.8 Å².